The van der Waals surface area contributed by atoms with Crippen LogP contribution < -0.4 is 10.3 Å². The highest BCUT2D eigenvalue weighted by Gasteiger charge is 2.35. The molecule has 0 unspecified atom stereocenters. The molecule has 0 saturated carbocycles. The smallest absolute Gasteiger partial charge is 0.264 e. The molecule has 0 aliphatic carbocycles. The van der Waals surface area contributed by atoms with Gasteiger partial charge >= 0.3 is 0 Å². The van der Waals surface area contributed by atoms with Crippen LogP contribution in [0.5, 0.6) is 5.88 Å². The lowest BCUT2D eigenvalue weighted by molar-refractivity contribution is -0.0299. The minimum absolute atomic E-state index is 0.104. The minimum atomic E-state index is -1.11. The number of rotatable bonds is 6. The van der Waals surface area contributed by atoms with Crippen LogP contribution in [0.15, 0.2) is 59.8 Å². The molecule has 0 spiro atoms. The van der Waals surface area contributed by atoms with E-state index in [4.69, 9.17) is 10.00 Å². The number of hydrogen-bond acceptors (Lipinski definition) is 8. The summed E-state index contributed by atoms with van der Waals surface area (Å²) < 4.78 is 8.58. The number of nitrogens with zero attached hydrogens (tertiary/aromatic N) is 7. The monoisotopic (exact) mass is 499 g/mol. The second-order valence-electron chi connectivity index (χ2n) is 9.16. The van der Waals surface area contributed by atoms with Gasteiger partial charge in [0.05, 0.1) is 18.3 Å². The fraction of sp³-hybridized carbons (Fsp3) is 0.308. The average Bonchev–Trinajstić information content (AvgIpc) is 3.30. The van der Waals surface area contributed by atoms with Gasteiger partial charge in [0, 0.05) is 31.8 Å². The maximum absolute atomic E-state index is 13.0. The van der Waals surface area contributed by atoms with E-state index in [1.165, 1.54) is 21.8 Å². The molecule has 0 atom stereocenters. The van der Waals surface area contributed by atoms with Crippen LogP contribution in [0.25, 0.3) is 11.0 Å². The normalized spacial score (nSPS) is 14.9. The molecular formula is C26H25N7O4. The van der Waals surface area contributed by atoms with Crippen LogP contribution in [0.4, 0.5) is 0 Å². The highest BCUT2D eigenvalue weighted by atomic mass is 16.5. The van der Waals surface area contributed by atoms with Crippen molar-refractivity contribution in [2.45, 2.75) is 31.6 Å². The molecule has 3 aromatic heterocycles. The third kappa shape index (κ3) is 5.05. The fourth-order valence-corrected chi connectivity index (χ4v) is 4.42. The van der Waals surface area contributed by atoms with Gasteiger partial charge in [-0.3, -0.25) is 18.8 Å². The second kappa shape index (κ2) is 9.83. The van der Waals surface area contributed by atoms with Gasteiger partial charge in [-0.2, -0.15) is 10.4 Å². The van der Waals surface area contributed by atoms with Gasteiger partial charge in [-0.25, -0.2) is 9.97 Å². The minimum Gasteiger partial charge on any atom is -0.473 e. The molecule has 1 aromatic carbocycles. The predicted octanol–water partition coefficient (Wildman–Crippen LogP) is 1.64. The molecule has 188 valence electrons. The van der Waals surface area contributed by atoms with Gasteiger partial charge in [0.15, 0.2) is 5.65 Å². The van der Waals surface area contributed by atoms with Gasteiger partial charge in [-0.1, -0.05) is 18.2 Å². The number of benzene rings is 1. The average molecular weight is 500 g/mol. The van der Waals surface area contributed by atoms with E-state index in [2.05, 4.69) is 15.1 Å². The van der Waals surface area contributed by atoms with Crippen molar-refractivity contribution < 1.29 is 14.6 Å². The number of piperidine rings is 1. The van der Waals surface area contributed by atoms with Crippen LogP contribution in [-0.4, -0.2) is 58.9 Å². The Morgan fingerprint density at radius 3 is 2.68 bits per heavy atom. The van der Waals surface area contributed by atoms with Crippen LogP contribution in [0, 0.1) is 11.3 Å². The van der Waals surface area contributed by atoms with Crippen molar-refractivity contribution in [1.82, 2.24) is 29.2 Å². The van der Waals surface area contributed by atoms with Crippen molar-refractivity contribution >= 4 is 16.9 Å². The zero-order valence-corrected chi connectivity index (χ0v) is 20.2. The quantitative estimate of drug-likeness (QED) is 0.422. The summed E-state index contributed by atoms with van der Waals surface area (Å²) in [6.45, 7) is 1.11. The van der Waals surface area contributed by atoms with Gasteiger partial charge in [0.2, 0.25) is 5.88 Å². The Kier molecular flexibility index (Phi) is 6.42. The lowest BCUT2D eigenvalue weighted by Gasteiger charge is -2.38. The molecule has 5 rings (SSSR count). The first kappa shape index (κ1) is 24.1. The van der Waals surface area contributed by atoms with Crippen molar-refractivity contribution in [3.8, 4) is 11.9 Å². The molecule has 4 heterocycles. The first-order valence-corrected chi connectivity index (χ1v) is 11.8. The molecular weight excluding hydrogens is 474 g/mol. The Morgan fingerprint density at radius 1 is 1.19 bits per heavy atom. The molecule has 1 aliphatic rings. The van der Waals surface area contributed by atoms with Crippen LogP contribution in [0.1, 0.15) is 34.5 Å². The molecule has 1 amide bonds. The van der Waals surface area contributed by atoms with Crippen LogP contribution in [-0.2, 0) is 20.2 Å². The lowest BCUT2D eigenvalue weighted by Crippen LogP contribution is -2.49. The Morgan fingerprint density at radius 2 is 1.95 bits per heavy atom. The molecule has 0 radical (unpaired) electrons. The number of aryl methyl sites for hydroxylation is 1. The van der Waals surface area contributed by atoms with Crippen LogP contribution >= 0.6 is 0 Å². The second-order valence-corrected chi connectivity index (χ2v) is 9.16. The van der Waals surface area contributed by atoms with E-state index in [9.17, 15) is 14.7 Å². The van der Waals surface area contributed by atoms with Crippen molar-refractivity contribution in [2.24, 2.45) is 7.05 Å². The number of ether oxygens (including phenoxy) is 1. The fourth-order valence-electron chi connectivity index (χ4n) is 4.42. The van der Waals surface area contributed by atoms with E-state index in [0.717, 1.165) is 5.56 Å². The summed E-state index contributed by atoms with van der Waals surface area (Å²) in [4.78, 5) is 35.9. The number of carbonyl (C=O) groups excluding carboxylic acids is 1. The predicted molar refractivity (Wildman–Crippen MR) is 133 cm³/mol. The maximum Gasteiger partial charge on any atom is 0.264 e. The van der Waals surface area contributed by atoms with Gasteiger partial charge in [0.25, 0.3) is 11.5 Å². The number of hydrogen-bond donors (Lipinski definition) is 1. The van der Waals surface area contributed by atoms with Gasteiger partial charge in [0.1, 0.15) is 30.1 Å². The summed E-state index contributed by atoms with van der Waals surface area (Å²) in [5, 5.41) is 24.6. The number of likely N-dealkylation sites (tertiary alicyclic amines) is 1. The van der Waals surface area contributed by atoms with Gasteiger partial charge < -0.3 is 14.7 Å². The Bertz CT molecular complexity index is 1540. The van der Waals surface area contributed by atoms with Gasteiger partial charge in [-0.15, -0.1) is 0 Å². The number of carbonyl (C=O) groups is 1. The lowest BCUT2D eigenvalue weighted by atomic mass is 9.91. The Labute approximate surface area is 212 Å². The molecule has 1 fully saturated rings. The third-order valence-corrected chi connectivity index (χ3v) is 6.59. The largest absolute Gasteiger partial charge is 0.473 e. The number of nitriles is 1. The molecule has 37 heavy (non-hydrogen) atoms. The highest BCUT2D eigenvalue weighted by Crippen LogP contribution is 2.25. The molecule has 1 aliphatic heterocycles. The summed E-state index contributed by atoms with van der Waals surface area (Å²) in [5.74, 6) is 0.243. The summed E-state index contributed by atoms with van der Waals surface area (Å²) in [6, 6.07) is 14.1. The molecule has 0 bridgehead atoms. The number of aliphatic hydroxyl groups is 1. The SMILES string of the molecule is Cn1ncc2c(=O)n(CC3(O)CCN(C(=O)c4ccc(COc5cccc(C#N)n5)cc4)CC3)cnc21. The first-order valence-electron chi connectivity index (χ1n) is 11.8. The van der Waals surface area contributed by atoms with E-state index >= 15 is 0 Å². The first-order chi connectivity index (χ1) is 17.8. The Balaban J connectivity index is 1.18. The number of pyridine rings is 1. The summed E-state index contributed by atoms with van der Waals surface area (Å²) in [7, 11) is 1.72. The van der Waals surface area contributed by atoms with Crippen LogP contribution in [0.3, 0.4) is 0 Å². The standard InChI is InChI=1S/C26H25N7O4/c1-31-23-21(14-29-31)25(35)33(17-28-23)16-26(36)9-11-32(12-10-26)24(34)19-7-5-18(6-8-19)15-37-22-4-2-3-20(13-27)30-22/h2-8,14,17,36H,9-12,15-16H2,1H3. The zero-order valence-electron chi connectivity index (χ0n) is 20.2. The highest BCUT2D eigenvalue weighted by molar-refractivity contribution is 5.94. The zero-order chi connectivity index (χ0) is 26.0. The van der Waals surface area contributed by atoms with E-state index in [1.807, 2.05) is 18.2 Å². The Hall–Kier alpha value is -4.56. The van der Waals surface area contributed by atoms with E-state index in [0.29, 0.717) is 48.4 Å². The van der Waals surface area contributed by atoms with E-state index < -0.39 is 5.60 Å². The summed E-state index contributed by atoms with van der Waals surface area (Å²) >= 11 is 0. The number of fused-ring (bicyclic) bond motifs is 1. The van der Waals surface area contributed by atoms with Gasteiger partial charge in [-0.05, 0) is 36.6 Å². The third-order valence-electron chi connectivity index (χ3n) is 6.59. The van der Waals surface area contributed by atoms with Crippen molar-refractivity contribution in [3.05, 3.63) is 82.2 Å². The number of amides is 1. The molecule has 11 nitrogen and oxygen atoms in total. The van der Waals surface area contributed by atoms with Crippen molar-refractivity contribution in [1.29, 1.82) is 5.26 Å². The topological polar surface area (TPSA) is 139 Å². The molecule has 11 heteroatoms. The summed E-state index contributed by atoms with van der Waals surface area (Å²) in [5.41, 5.74) is 0.819. The molecule has 1 saturated heterocycles. The number of aromatic nitrogens is 5. The van der Waals surface area contributed by atoms with E-state index in [1.54, 1.807) is 42.3 Å². The van der Waals surface area contributed by atoms with Crippen LogP contribution in [0.2, 0.25) is 0 Å². The summed E-state index contributed by atoms with van der Waals surface area (Å²) in [6.07, 6.45) is 3.60. The van der Waals surface area contributed by atoms with Crippen molar-refractivity contribution in [3.63, 3.8) is 0 Å². The van der Waals surface area contributed by atoms with E-state index in [-0.39, 0.29) is 30.3 Å². The molecule has 4 aromatic rings. The maximum atomic E-state index is 13.0. The van der Waals surface area contributed by atoms with Crippen molar-refractivity contribution in [2.75, 3.05) is 13.1 Å². The molecule has 1 N–H and O–H groups in total.